The maximum absolute atomic E-state index is 12.1. The van der Waals surface area contributed by atoms with Crippen LogP contribution in [0.5, 0.6) is 5.75 Å². The number of hydrogen-bond donors (Lipinski definition) is 2. The summed E-state index contributed by atoms with van der Waals surface area (Å²) in [6.45, 7) is 0.457. The highest BCUT2D eigenvalue weighted by atomic mass is 16.3. The van der Waals surface area contributed by atoms with Crippen LogP contribution in [0.15, 0.2) is 59.2 Å². The second kappa shape index (κ2) is 5.71. The maximum Gasteiger partial charge on any atom is 0.255 e. The number of phenols is 1. The van der Waals surface area contributed by atoms with E-state index in [9.17, 15) is 9.90 Å². The Morgan fingerprint density at radius 2 is 1.86 bits per heavy atom. The summed E-state index contributed by atoms with van der Waals surface area (Å²) in [5.74, 6) is 0.520. The molecule has 21 heavy (non-hydrogen) atoms. The van der Waals surface area contributed by atoms with E-state index in [1.807, 2.05) is 36.4 Å². The van der Waals surface area contributed by atoms with Crippen molar-refractivity contribution < 1.29 is 14.3 Å². The first-order valence-electron chi connectivity index (χ1n) is 6.76. The summed E-state index contributed by atoms with van der Waals surface area (Å²) in [4.78, 5) is 12.1. The first-order valence-corrected chi connectivity index (χ1v) is 6.76. The molecule has 106 valence electrons. The molecule has 2 aromatic carbocycles. The van der Waals surface area contributed by atoms with Crippen LogP contribution in [-0.2, 0) is 6.42 Å². The number of fused-ring (bicyclic) bond motifs is 1. The number of rotatable bonds is 4. The summed E-state index contributed by atoms with van der Waals surface area (Å²) < 4.78 is 5.20. The first-order chi connectivity index (χ1) is 10.2. The molecular weight excluding hydrogens is 266 g/mol. The molecule has 0 aliphatic heterocycles. The van der Waals surface area contributed by atoms with Gasteiger partial charge in [-0.05, 0) is 35.0 Å². The number of hydrogen-bond acceptors (Lipinski definition) is 3. The quantitative estimate of drug-likeness (QED) is 0.772. The number of furan rings is 1. The number of carbonyl (C=O) groups is 1. The van der Waals surface area contributed by atoms with E-state index >= 15 is 0 Å². The summed E-state index contributed by atoms with van der Waals surface area (Å²) in [5.41, 5.74) is 0.285. The molecule has 4 nitrogen and oxygen atoms in total. The van der Waals surface area contributed by atoms with Gasteiger partial charge in [-0.3, -0.25) is 4.79 Å². The van der Waals surface area contributed by atoms with Crippen molar-refractivity contribution in [2.24, 2.45) is 0 Å². The highest BCUT2D eigenvalue weighted by Gasteiger charge is 2.12. The monoisotopic (exact) mass is 281 g/mol. The predicted molar refractivity (Wildman–Crippen MR) is 80.4 cm³/mol. The minimum absolute atomic E-state index is 0.0100. The Bertz CT molecular complexity index is 763. The Morgan fingerprint density at radius 1 is 1.10 bits per heavy atom. The van der Waals surface area contributed by atoms with Gasteiger partial charge < -0.3 is 14.8 Å². The van der Waals surface area contributed by atoms with Gasteiger partial charge in [-0.15, -0.1) is 0 Å². The van der Waals surface area contributed by atoms with E-state index in [1.54, 1.807) is 18.4 Å². The standard InChI is InChI=1S/C17H15NO3/c19-16-11-13-5-2-1-4-12(13)10-15(16)17(20)18-8-7-14-6-3-9-21-14/h1-6,9-11,19H,7-8H2,(H,18,20). The molecule has 2 N–H and O–H groups in total. The van der Waals surface area contributed by atoms with Crippen LogP contribution < -0.4 is 5.32 Å². The number of benzene rings is 2. The fraction of sp³-hybridized carbons (Fsp3) is 0.118. The lowest BCUT2D eigenvalue weighted by atomic mass is 10.1. The third-order valence-electron chi connectivity index (χ3n) is 3.35. The molecule has 4 heteroatoms. The van der Waals surface area contributed by atoms with Gasteiger partial charge in [-0.2, -0.15) is 0 Å². The third-order valence-corrected chi connectivity index (χ3v) is 3.35. The minimum Gasteiger partial charge on any atom is -0.507 e. The van der Waals surface area contributed by atoms with Gasteiger partial charge in [0.15, 0.2) is 0 Å². The van der Waals surface area contributed by atoms with Gasteiger partial charge in [0.05, 0.1) is 11.8 Å². The SMILES string of the molecule is O=C(NCCc1ccco1)c1cc2ccccc2cc1O. The number of phenolic OH excluding ortho intramolecular Hbond substituents is 1. The summed E-state index contributed by atoms with van der Waals surface area (Å²) in [7, 11) is 0. The molecule has 0 aliphatic carbocycles. The van der Waals surface area contributed by atoms with Gasteiger partial charge in [0, 0.05) is 13.0 Å². The van der Waals surface area contributed by atoms with Crippen LogP contribution in [0.4, 0.5) is 0 Å². The smallest absolute Gasteiger partial charge is 0.255 e. The Kier molecular flexibility index (Phi) is 3.60. The Morgan fingerprint density at radius 3 is 2.57 bits per heavy atom. The zero-order valence-electron chi connectivity index (χ0n) is 11.4. The van der Waals surface area contributed by atoms with E-state index in [-0.39, 0.29) is 17.2 Å². The van der Waals surface area contributed by atoms with Crippen LogP contribution in [0.1, 0.15) is 16.1 Å². The van der Waals surface area contributed by atoms with Gasteiger partial charge in [0.25, 0.3) is 5.91 Å². The molecule has 0 saturated carbocycles. The van der Waals surface area contributed by atoms with Crippen LogP contribution in [0, 0.1) is 0 Å². The van der Waals surface area contributed by atoms with Crippen molar-refractivity contribution in [2.75, 3.05) is 6.54 Å². The lowest BCUT2D eigenvalue weighted by Crippen LogP contribution is -2.25. The van der Waals surface area contributed by atoms with Gasteiger partial charge in [-0.1, -0.05) is 24.3 Å². The second-order valence-electron chi connectivity index (χ2n) is 4.80. The predicted octanol–water partition coefficient (Wildman–Crippen LogP) is 3.11. The molecule has 3 aromatic rings. The van der Waals surface area contributed by atoms with E-state index in [4.69, 9.17) is 4.42 Å². The summed E-state index contributed by atoms with van der Waals surface area (Å²) in [6, 6.07) is 14.6. The van der Waals surface area contributed by atoms with E-state index in [0.717, 1.165) is 16.5 Å². The van der Waals surface area contributed by atoms with Crippen molar-refractivity contribution in [1.82, 2.24) is 5.32 Å². The Labute approximate surface area is 122 Å². The number of nitrogens with one attached hydrogen (secondary N) is 1. The molecule has 0 bridgehead atoms. The molecular formula is C17H15NO3. The molecule has 1 amide bonds. The molecule has 0 fully saturated rings. The summed E-state index contributed by atoms with van der Waals surface area (Å²) >= 11 is 0. The zero-order chi connectivity index (χ0) is 14.7. The van der Waals surface area contributed by atoms with Crippen LogP contribution in [-0.4, -0.2) is 17.6 Å². The van der Waals surface area contributed by atoms with Crippen molar-refractivity contribution in [3.05, 3.63) is 66.1 Å². The van der Waals surface area contributed by atoms with Gasteiger partial charge in [0.2, 0.25) is 0 Å². The molecule has 0 radical (unpaired) electrons. The van der Waals surface area contributed by atoms with Gasteiger partial charge in [0.1, 0.15) is 11.5 Å². The lowest BCUT2D eigenvalue weighted by molar-refractivity contribution is 0.0951. The van der Waals surface area contributed by atoms with E-state index in [1.165, 1.54) is 0 Å². The van der Waals surface area contributed by atoms with Crippen LogP contribution in [0.3, 0.4) is 0 Å². The van der Waals surface area contributed by atoms with Gasteiger partial charge in [-0.25, -0.2) is 0 Å². The lowest BCUT2D eigenvalue weighted by Gasteiger charge is -2.08. The fourth-order valence-electron chi connectivity index (χ4n) is 2.26. The highest BCUT2D eigenvalue weighted by Crippen LogP contribution is 2.24. The number of carbonyl (C=O) groups excluding carboxylic acids is 1. The van der Waals surface area contributed by atoms with E-state index in [2.05, 4.69) is 5.32 Å². The maximum atomic E-state index is 12.1. The van der Waals surface area contributed by atoms with Gasteiger partial charge >= 0.3 is 0 Å². The largest absolute Gasteiger partial charge is 0.507 e. The summed E-state index contributed by atoms with van der Waals surface area (Å²) in [6.07, 6.45) is 2.22. The zero-order valence-corrected chi connectivity index (χ0v) is 11.4. The molecule has 0 atom stereocenters. The van der Waals surface area contributed by atoms with Crippen LogP contribution in [0.2, 0.25) is 0 Å². The van der Waals surface area contributed by atoms with Crippen LogP contribution in [0.25, 0.3) is 10.8 Å². The summed E-state index contributed by atoms with van der Waals surface area (Å²) in [5, 5.41) is 14.6. The van der Waals surface area contributed by atoms with Crippen LogP contribution >= 0.6 is 0 Å². The van der Waals surface area contributed by atoms with Crippen molar-refractivity contribution in [2.45, 2.75) is 6.42 Å². The third kappa shape index (κ3) is 2.89. The van der Waals surface area contributed by atoms with Crippen molar-refractivity contribution in [3.8, 4) is 5.75 Å². The topological polar surface area (TPSA) is 62.5 Å². The average Bonchev–Trinajstić information content (AvgIpc) is 2.99. The van der Waals surface area contributed by atoms with Crippen molar-refractivity contribution in [1.29, 1.82) is 0 Å². The first kappa shape index (κ1) is 13.2. The van der Waals surface area contributed by atoms with Crippen molar-refractivity contribution >= 4 is 16.7 Å². The molecule has 0 spiro atoms. The number of aromatic hydroxyl groups is 1. The minimum atomic E-state index is -0.287. The molecule has 1 aromatic heterocycles. The number of amides is 1. The normalized spacial score (nSPS) is 10.7. The fourth-order valence-corrected chi connectivity index (χ4v) is 2.26. The second-order valence-corrected chi connectivity index (χ2v) is 4.80. The van der Waals surface area contributed by atoms with E-state index < -0.39 is 0 Å². The molecule has 1 heterocycles. The molecule has 0 saturated heterocycles. The molecule has 0 unspecified atom stereocenters. The Balaban J connectivity index is 1.73. The average molecular weight is 281 g/mol. The van der Waals surface area contributed by atoms with Crippen molar-refractivity contribution in [3.63, 3.8) is 0 Å². The highest BCUT2D eigenvalue weighted by molar-refractivity contribution is 6.01. The molecule has 3 rings (SSSR count). The van der Waals surface area contributed by atoms with E-state index in [0.29, 0.717) is 13.0 Å². The Hall–Kier alpha value is -2.75. The molecule has 0 aliphatic rings.